The predicted octanol–water partition coefficient (Wildman–Crippen LogP) is 3.28. The van der Waals surface area contributed by atoms with Gasteiger partial charge in [0, 0.05) is 0 Å². The molecule has 2 aromatic rings. The molecule has 2 heterocycles. The summed E-state index contributed by atoms with van der Waals surface area (Å²) in [5, 5.41) is 2.63. The molecule has 1 aromatic carbocycles. The van der Waals surface area contributed by atoms with Crippen molar-refractivity contribution in [3.63, 3.8) is 0 Å². The average molecular weight is 494 g/mol. The van der Waals surface area contributed by atoms with Crippen molar-refractivity contribution < 1.29 is 23.7 Å². The van der Waals surface area contributed by atoms with Crippen LogP contribution >= 0.6 is 7.92 Å². The summed E-state index contributed by atoms with van der Waals surface area (Å²) < 4.78 is 16.3. The predicted molar refractivity (Wildman–Crippen MR) is 130 cm³/mol. The first kappa shape index (κ1) is 24.7. The van der Waals surface area contributed by atoms with Crippen molar-refractivity contribution in [2.24, 2.45) is 0 Å². The molecule has 9 nitrogen and oxygen atoms in total. The van der Waals surface area contributed by atoms with Gasteiger partial charge in [0.05, 0.1) is 0 Å². The molecular weight excluding hydrogens is 467 g/mol. The minimum atomic E-state index is -1.21. The number of hydrogen-bond acceptors (Lipinski definition) is 6. The summed E-state index contributed by atoms with van der Waals surface area (Å²) in [5.41, 5.74) is 5.31. The second kappa shape index (κ2) is 11.3. The normalized spacial score (nSPS) is 16.1. The molecule has 2 fully saturated rings. The fourth-order valence-electron chi connectivity index (χ4n) is 3.99. The van der Waals surface area contributed by atoms with Crippen molar-refractivity contribution in [1.29, 1.82) is 0 Å². The molecule has 1 N–H and O–H groups in total. The molecule has 0 bridgehead atoms. The van der Waals surface area contributed by atoms with Gasteiger partial charge in [0.1, 0.15) is 0 Å². The SMILES string of the molecule is CCOC(=O)N1CCN(C(=O)[C@H](C#P=O)NC(=O)c2cc(C3CC3)cc(-c3ccccc3)n2)CC1. The summed E-state index contributed by atoms with van der Waals surface area (Å²) in [4.78, 5) is 45.7. The Balaban J connectivity index is 1.49. The van der Waals surface area contributed by atoms with E-state index in [0.29, 0.717) is 24.7 Å². The van der Waals surface area contributed by atoms with E-state index in [1.165, 1.54) is 9.80 Å². The topological polar surface area (TPSA) is 109 Å². The number of carbonyl (C=O) groups excluding carboxylic acids is 3. The number of aromatic nitrogens is 1. The van der Waals surface area contributed by atoms with Gasteiger partial charge in [-0.15, -0.1) is 0 Å². The van der Waals surface area contributed by atoms with Crippen LogP contribution in [0.4, 0.5) is 4.79 Å². The number of hydrogen-bond donors (Lipinski definition) is 1. The standard InChI is InChI=1S/C25H27N4O5P/c1-2-34-25(32)29-12-10-28(11-13-29)24(31)22(16-35-33)27-23(30)21-15-19(17-8-9-17)14-20(26-21)18-6-4-3-5-7-18/h3-7,14-15,17,22H,2,8-13H2,1H3,(H,27,30)/t22-/m0/s1. The van der Waals surface area contributed by atoms with E-state index in [-0.39, 0.29) is 25.4 Å². The number of rotatable bonds is 6. The zero-order valence-electron chi connectivity index (χ0n) is 19.5. The van der Waals surface area contributed by atoms with Gasteiger partial charge in [-0.1, -0.05) is 0 Å². The monoisotopic (exact) mass is 494 g/mol. The Morgan fingerprint density at radius 1 is 1.11 bits per heavy atom. The summed E-state index contributed by atoms with van der Waals surface area (Å²) in [6.07, 6.45) is 1.71. The number of pyridine rings is 1. The Bertz CT molecular complexity index is 1200. The number of piperazine rings is 1. The van der Waals surface area contributed by atoms with Gasteiger partial charge in [-0.05, 0) is 0 Å². The van der Waals surface area contributed by atoms with Crippen LogP contribution < -0.4 is 5.32 Å². The Morgan fingerprint density at radius 2 is 1.80 bits per heavy atom. The van der Waals surface area contributed by atoms with Crippen molar-refractivity contribution in [3.8, 4) is 16.9 Å². The maximum atomic E-state index is 13.2. The van der Waals surface area contributed by atoms with Crippen molar-refractivity contribution >= 4 is 25.8 Å². The molecule has 0 spiro atoms. The van der Waals surface area contributed by atoms with E-state index < -0.39 is 31.9 Å². The van der Waals surface area contributed by atoms with Gasteiger partial charge in [-0.3, -0.25) is 0 Å². The first-order valence-electron chi connectivity index (χ1n) is 11.7. The molecule has 3 amide bonds. The fraction of sp³-hybridized carbons (Fsp3) is 0.400. The first-order chi connectivity index (χ1) is 17.0. The maximum absolute atomic E-state index is 13.2. The minimum absolute atomic E-state index is 0.197. The van der Waals surface area contributed by atoms with Gasteiger partial charge in [0.2, 0.25) is 0 Å². The molecule has 1 aromatic heterocycles. The number of nitrogens with one attached hydrogen (secondary N) is 1. The summed E-state index contributed by atoms with van der Waals surface area (Å²) >= 11 is 0. The van der Waals surface area contributed by atoms with Gasteiger partial charge >= 0.3 is 205 Å². The molecule has 35 heavy (non-hydrogen) atoms. The number of carbonyl (C=O) groups is 3. The summed E-state index contributed by atoms with van der Waals surface area (Å²) in [6.45, 7) is 3.18. The van der Waals surface area contributed by atoms with Crippen molar-refractivity contribution in [3.05, 3.63) is 53.7 Å². The Morgan fingerprint density at radius 3 is 2.43 bits per heavy atom. The Kier molecular flexibility index (Phi) is 8.01. The van der Waals surface area contributed by atoms with E-state index in [4.69, 9.17) is 4.74 Å². The zero-order chi connectivity index (χ0) is 24.8. The third-order valence-corrected chi connectivity index (χ3v) is 6.38. The van der Waals surface area contributed by atoms with Gasteiger partial charge in [-0.25, -0.2) is 0 Å². The Labute approximate surface area is 205 Å². The molecule has 4 rings (SSSR count). The summed E-state index contributed by atoms with van der Waals surface area (Å²) in [5.74, 6) is -0.574. The van der Waals surface area contributed by atoms with Crippen LogP contribution in [0.5, 0.6) is 0 Å². The molecular formula is C25H27N4O5P. The van der Waals surface area contributed by atoms with Gasteiger partial charge in [-0.2, -0.15) is 0 Å². The van der Waals surface area contributed by atoms with Crippen LogP contribution in [-0.2, 0) is 14.1 Å². The van der Waals surface area contributed by atoms with Gasteiger partial charge in [0.15, 0.2) is 0 Å². The quantitative estimate of drug-likeness (QED) is 0.618. The number of ether oxygens (including phenoxy) is 1. The van der Waals surface area contributed by atoms with Crippen LogP contribution in [-0.4, -0.2) is 71.5 Å². The second-order valence-corrected chi connectivity index (χ2v) is 8.89. The third-order valence-electron chi connectivity index (χ3n) is 6.02. The number of amides is 3. The van der Waals surface area contributed by atoms with Crippen molar-refractivity contribution in [1.82, 2.24) is 20.1 Å². The first-order valence-corrected chi connectivity index (χ1v) is 12.5. The zero-order valence-corrected chi connectivity index (χ0v) is 20.4. The molecule has 2 aliphatic rings. The molecule has 182 valence electrons. The average Bonchev–Trinajstić information content (AvgIpc) is 3.74. The van der Waals surface area contributed by atoms with E-state index in [1.807, 2.05) is 36.4 Å². The number of benzene rings is 1. The molecule has 1 aliphatic carbocycles. The fourth-order valence-corrected chi connectivity index (χ4v) is 4.27. The third kappa shape index (κ3) is 6.18. The van der Waals surface area contributed by atoms with E-state index in [2.05, 4.69) is 15.9 Å². The molecule has 0 radical (unpaired) electrons. The molecule has 0 unspecified atom stereocenters. The van der Waals surface area contributed by atoms with Gasteiger partial charge < -0.3 is 0 Å². The van der Waals surface area contributed by atoms with Crippen LogP contribution in [0.15, 0.2) is 42.5 Å². The van der Waals surface area contributed by atoms with Crippen LogP contribution in [0.1, 0.15) is 41.7 Å². The summed E-state index contributed by atoms with van der Waals surface area (Å²) in [6, 6.07) is 12.2. The summed E-state index contributed by atoms with van der Waals surface area (Å²) in [7, 11) is -0.496. The Hall–Kier alpha value is -3.41. The molecule has 1 aliphatic heterocycles. The van der Waals surface area contributed by atoms with Crippen LogP contribution in [0.25, 0.3) is 11.3 Å². The van der Waals surface area contributed by atoms with Crippen LogP contribution in [0, 0.1) is 5.63 Å². The van der Waals surface area contributed by atoms with E-state index in [0.717, 1.165) is 24.0 Å². The van der Waals surface area contributed by atoms with E-state index in [1.54, 1.807) is 13.0 Å². The molecule has 1 saturated carbocycles. The van der Waals surface area contributed by atoms with Gasteiger partial charge in [0.25, 0.3) is 0 Å². The van der Waals surface area contributed by atoms with E-state index in [9.17, 15) is 18.9 Å². The molecule has 1 atom stereocenters. The molecule has 1 saturated heterocycles. The molecule has 10 heteroatoms. The van der Waals surface area contributed by atoms with E-state index >= 15 is 0 Å². The number of nitrogens with zero attached hydrogens (tertiary/aromatic N) is 3. The van der Waals surface area contributed by atoms with Crippen LogP contribution in [0.3, 0.4) is 0 Å². The van der Waals surface area contributed by atoms with Crippen molar-refractivity contribution in [2.45, 2.75) is 31.7 Å². The van der Waals surface area contributed by atoms with Crippen LogP contribution in [0.2, 0.25) is 0 Å². The second-order valence-electron chi connectivity index (χ2n) is 8.45. The van der Waals surface area contributed by atoms with Crippen molar-refractivity contribution in [2.75, 3.05) is 32.8 Å².